The maximum atomic E-state index is 11.1. The lowest BCUT2D eigenvalue weighted by molar-refractivity contribution is 0.415. The molecule has 2 aromatic rings. The summed E-state index contributed by atoms with van der Waals surface area (Å²) in [5, 5.41) is 0. The number of rotatable bonds is 2. The van der Waals surface area contributed by atoms with E-state index in [1.165, 1.54) is 6.07 Å². The maximum absolute atomic E-state index is 11.1. The number of ether oxygens (including phenoxy) is 1. The summed E-state index contributed by atoms with van der Waals surface area (Å²) in [6.07, 6.45) is 0. The minimum Gasteiger partial charge on any atom is -0.497 e. The van der Waals surface area contributed by atoms with Gasteiger partial charge in [-0.05, 0) is 12.1 Å². The van der Waals surface area contributed by atoms with Crippen molar-refractivity contribution in [3.63, 3.8) is 0 Å². The molecule has 0 fully saturated rings. The summed E-state index contributed by atoms with van der Waals surface area (Å²) in [4.78, 5) is 26.9. The summed E-state index contributed by atoms with van der Waals surface area (Å²) in [7, 11) is 1.56. The molecule has 0 unspecified atom stereocenters. The minimum atomic E-state index is -0.523. The van der Waals surface area contributed by atoms with Crippen molar-refractivity contribution in [2.45, 2.75) is 0 Å². The van der Waals surface area contributed by atoms with Crippen molar-refractivity contribution in [3.05, 3.63) is 51.2 Å². The molecular weight excluding hydrogens is 208 g/mol. The quantitative estimate of drug-likeness (QED) is 0.780. The molecule has 1 aromatic carbocycles. The molecule has 82 valence electrons. The Kier molecular flexibility index (Phi) is 2.59. The van der Waals surface area contributed by atoms with Crippen molar-refractivity contribution >= 4 is 0 Å². The average molecular weight is 218 g/mol. The predicted octanol–water partition coefficient (Wildman–Crippen LogP) is 0.739. The lowest BCUT2D eigenvalue weighted by atomic mass is 10.1. The topological polar surface area (TPSA) is 75.0 Å². The standard InChI is InChI=1S/C11H10N2O3/c1-16-8-4-2-3-7(5-8)9-6-10(14)13-11(15)12-9/h2-6H,1H3,(H2,12,13,14,15). The highest BCUT2D eigenvalue weighted by atomic mass is 16.5. The lowest BCUT2D eigenvalue weighted by Gasteiger charge is -2.03. The van der Waals surface area contributed by atoms with Crippen molar-refractivity contribution in [2.75, 3.05) is 7.11 Å². The third-order valence-electron chi connectivity index (χ3n) is 2.14. The molecule has 2 rings (SSSR count). The van der Waals surface area contributed by atoms with Gasteiger partial charge >= 0.3 is 5.69 Å². The fraction of sp³-hybridized carbons (Fsp3) is 0.0909. The molecule has 2 N–H and O–H groups in total. The van der Waals surface area contributed by atoms with Crippen LogP contribution < -0.4 is 16.0 Å². The number of methoxy groups -OCH3 is 1. The van der Waals surface area contributed by atoms with E-state index in [0.717, 1.165) is 5.56 Å². The lowest BCUT2D eigenvalue weighted by Crippen LogP contribution is -2.21. The molecule has 5 nitrogen and oxygen atoms in total. The van der Waals surface area contributed by atoms with Gasteiger partial charge in [0.15, 0.2) is 0 Å². The molecule has 0 atom stereocenters. The Hall–Kier alpha value is -2.30. The number of hydrogen-bond donors (Lipinski definition) is 2. The monoisotopic (exact) mass is 218 g/mol. The van der Waals surface area contributed by atoms with Crippen LogP contribution in [-0.4, -0.2) is 17.1 Å². The molecule has 0 aliphatic carbocycles. The van der Waals surface area contributed by atoms with Crippen LogP contribution in [0.2, 0.25) is 0 Å². The molecule has 0 saturated carbocycles. The van der Waals surface area contributed by atoms with E-state index in [-0.39, 0.29) is 0 Å². The Labute approximate surface area is 90.7 Å². The zero-order valence-electron chi connectivity index (χ0n) is 8.61. The van der Waals surface area contributed by atoms with E-state index in [9.17, 15) is 9.59 Å². The van der Waals surface area contributed by atoms with Gasteiger partial charge in [-0.1, -0.05) is 12.1 Å². The van der Waals surface area contributed by atoms with Crippen molar-refractivity contribution in [1.29, 1.82) is 0 Å². The van der Waals surface area contributed by atoms with Crippen LogP contribution in [0.15, 0.2) is 39.9 Å². The summed E-state index contributed by atoms with van der Waals surface area (Å²) in [5.41, 5.74) is 0.238. The van der Waals surface area contributed by atoms with Crippen LogP contribution in [0.25, 0.3) is 11.3 Å². The van der Waals surface area contributed by atoms with E-state index in [1.807, 2.05) is 0 Å². The van der Waals surface area contributed by atoms with Gasteiger partial charge in [0.05, 0.1) is 12.8 Å². The molecule has 0 aliphatic heterocycles. The van der Waals surface area contributed by atoms with Crippen molar-refractivity contribution in [3.8, 4) is 17.0 Å². The van der Waals surface area contributed by atoms with Crippen LogP contribution in [0.5, 0.6) is 5.75 Å². The van der Waals surface area contributed by atoms with Gasteiger partial charge < -0.3 is 9.72 Å². The molecule has 1 aromatic heterocycles. The van der Waals surface area contributed by atoms with E-state index in [0.29, 0.717) is 11.4 Å². The van der Waals surface area contributed by atoms with E-state index < -0.39 is 11.2 Å². The van der Waals surface area contributed by atoms with Gasteiger partial charge in [0, 0.05) is 11.6 Å². The zero-order chi connectivity index (χ0) is 11.5. The Morgan fingerprint density at radius 1 is 1.12 bits per heavy atom. The number of benzene rings is 1. The largest absolute Gasteiger partial charge is 0.497 e. The number of aromatic amines is 2. The highest BCUT2D eigenvalue weighted by Crippen LogP contribution is 2.19. The molecular formula is C11H10N2O3. The van der Waals surface area contributed by atoms with Gasteiger partial charge in [-0.15, -0.1) is 0 Å². The average Bonchev–Trinajstić information content (AvgIpc) is 2.28. The molecule has 0 bridgehead atoms. The second-order valence-corrected chi connectivity index (χ2v) is 3.23. The third kappa shape index (κ3) is 2.03. The molecule has 0 amide bonds. The molecule has 0 radical (unpaired) electrons. The van der Waals surface area contributed by atoms with Crippen LogP contribution in [0.1, 0.15) is 0 Å². The first-order valence-corrected chi connectivity index (χ1v) is 4.67. The number of H-pyrrole nitrogens is 2. The van der Waals surface area contributed by atoms with E-state index in [1.54, 1.807) is 31.4 Å². The van der Waals surface area contributed by atoms with Crippen LogP contribution in [0, 0.1) is 0 Å². The highest BCUT2D eigenvalue weighted by Gasteiger charge is 2.01. The summed E-state index contributed by atoms with van der Waals surface area (Å²) in [5.74, 6) is 0.665. The van der Waals surface area contributed by atoms with Crippen molar-refractivity contribution in [1.82, 2.24) is 9.97 Å². The van der Waals surface area contributed by atoms with Crippen molar-refractivity contribution < 1.29 is 4.74 Å². The molecule has 0 saturated heterocycles. The molecule has 16 heavy (non-hydrogen) atoms. The number of nitrogens with one attached hydrogen (secondary N) is 2. The second kappa shape index (κ2) is 4.06. The van der Waals surface area contributed by atoms with Gasteiger partial charge in [0.2, 0.25) is 0 Å². The molecule has 1 heterocycles. The van der Waals surface area contributed by atoms with Gasteiger partial charge in [-0.2, -0.15) is 0 Å². The fourth-order valence-electron chi connectivity index (χ4n) is 1.41. The summed E-state index contributed by atoms with van der Waals surface area (Å²) in [6.45, 7) is 0. The SMILES string of the molecule is COc1cccc(-c2cc(=O)[nH]c(=O)[nH]2)c1. The maximum Gasteiger partial charge on any atom is 0.326 e. The first-order chi connectivity index (χ1) is 7.69. The van der Waals surface area contributed by atoms with Gasteiger partial charge in [-0.25, -0.2) is 4.79 Å². The number of aromatic nitrogens is 2. The minimum absolute atomic E-state index is 0.429. The number of hydrogen-bond acceptors (Lipinski definition) is 3. The van der Waals surface area contributed by atoms with Gasteiger partial charge in [0.1, 0.15) is 5.75 Å². The smallest absolute Gasteiger partial charge is 0.326 e. The molecule has 0 spiro atoms. The summed E-state index contributed by atoms with van der Waals surface area (Å²) in [6, 6.07) is 8.43. The Balaban J connectivity index is 2.58. The highest BCUT2D eigenvalue weighted by molar-refractivity contribution is 5.60. The van der Waals surface area contributed by atoms with Crippen LogP contribution in [-0.2, 0) is 0 Å². The normalized spacial score (nSPS) is 10.1. The van der Waals surface area contributed by atoms with Gasteiger partial charge in [-0.3, -0.25) is 9.78 Å². The fourth-order valence-corrected chi connectivity index (χ4v) is 1.41. The van der Waals surface area contributed by atoms with E-state index in [4.69, 9.17) is 4.74 Å². The van der Waals surface area contributed by atoms with Crippen LogP contribution in [0.4, 0.5) is 0 Å². The van der Waals surface area contributed by atoms with Crippen LogP contribution >= 0.6 is 0 Å². The Morgan fingerprint density at radius 2 is 1.94 bits per heavy atom. The van der Waals surface area contributed by atoms with Gasteiger partial charge in [0.25, 0.3) is 5.56 Å². The first kappa shape index (κ1) is 10.2. The Morgan fingerprint density at radius 3 is 2.62 bits per heavy atom. The summed E-state index contributed by atoms with van der Waals surface area (Å²) < 4.78 is 5.06. The Bertz CT molecular complexity index is 585. The molecule has 5 heteroatoms. The zero-order valence-corrected chi connectivity index (χ0v) is 8.61. The van der Waals surface area contributed by atoms with Crippen molar-refractivity contribution in [2.24, 2.45) is 0 Å². The third-order valence-corrected chi connectivity index (χ3v) is 2.14. The molecule has 0 aliphatic rings. The predicted molar refractivity (Wildman–Crippen MR) is 59.7 cm³/mol. The van der Waals surface area contributed by atoms with E-state index in [2.05, 4.69) is 9.97 Å². The van der Waals surface area contributed by atoms with E-state index >= 15 is 0 Å². The summed E-state index contributed by atoms with van der Waals surface area (Å²) >= 11 is 0. The second-order valence-electron chi connectivity index (χ2n) is 3.23. The van der Waals surface area contributed by atoms with Crippen LogP contribution in [0.3, 0.4) is 0 Å². The first-order valence-electron chi connectivity index (χ1n) is 4.67.